The molecule has 0 aromatic heterocycles. The number of carbonyl (C=O) groups excluding carboxylic acids is 1. The average Bonchev–Trinajstić information content (AvgIpc) is 2.35. The Balaban J connectivity index is 2.20. The smallest absolute Gasteiger partial charge is 0.252 e. The number of fused-ring (bicyclic) bond motifs is 1. The molecular weight excluding hydrogens is 232 g/mol. The molecular formula is C13H18N2O3. The molecule has 0 saturated heterocycles. The fraction of sp³-hybridized carbons (Fsp3) is 0.462. The Labute approximate surface area is 106 Å². The van der Waals surface area contributed by atoms with Gasteiger partial charge >= 0.3 is 0 Å². The lowest BCUT2D eigenvalue weighted by molar-refractivity contribution is 0.0997. The van der Waals surface area contributed by atoms with Gasteiger partial charge in [0.05, 0.1) is 5.56 Å². The molecule has 1 heterocycles. The van der Waals surface area contributed by atoms with Crippen molar-refractivity contribution in [2.45, 2.75) is 25.8 Å². The van der Waals surface area contributed by atoms with Gasteiger partial charge in [0.25, 0.3) is 5.91 Å². The van der Waals surface area contributed by atoms with Gasteiger partial charge in [-0.25, -0.2) is 0 Å². The molecule has 5 heteroatoms. The van der Waals surface area contributed by atoms with Gasteiger partial charge in [0.15, 0.2) is 0 Å². The van der Waals surface area contributed by atoms with E-state index in [0.29, 0.717) is 12.4 Å². The third-order valence-corrected chi connectivity index (χ3v) is 3.03. The second kappa shape index (κ2) is 5.27. The summed E-state index contributed by atoms with van der Waals surface area (Å²) in [6.45, 7) is 3.61. The van der Waals surface area contributed by atoms with Crippen molar-refractivity contribution in [3.8, 4) is 11.5 Å². The Hall–Kier alpha value is -1.75. The third-order valence-electron chi connectivity index (χ3n) is 3.03. The minimum Gasteiger partial charge on any atom is -0.507 e. The maximum atomic E-state index is 11.2. The van der Waals surface area contributed by atoms with E-state index in [1.165, 1.54) is 6.07 Å². The maximum absolute atomic E-state index is 11.2. The monoisotopic (exact) mass is 250 g/mol. The van der Waals surface area contributed by atoms with Crippen LogP contribution in [-0.2, 0) is 6.42 Å². The van der Waals surface area contributed by atoms with Crippen molar-refractivity contribution >= 4 is 5.91 Å². The van der Waals surface area contributed by atoms with Gasteiger partial charge in [-0.3, -0.25) is 4.79 Å². The average molecular weight is 250 g/mol. The number of rotatable bonds is 4. The van der Waals surface area contributed by atoms with Gasteiger partial charge in [-0.15, -0.1) is 0 Å². The summed E-state index contributed by atoms with van der Waals surface area (Å²) in [5.74, 6) is -0.118. The van der Waals surface area contributed by atoms with Crippen LogP contribution in [0, 0.1) is 0 Å². The molecule has 0 fully saturated rings. The van der Waals surface area contributed by atoms with Crippen LogP contribution < -0.4 is 15.8 Å². The third kappa shape index (κ3) is 2.56. The molecule has 98 valence electrons. The maximum Gasteiger partial charge on any atom is 0.252 e. The Morgan fingerprint density at radius 3 is 3.06 bits per heavy atom. The molecule has 0 aliphatic carbocycles. The SMILES string of the molecule is CCCN[C@H]1COc2cc(O)c(C(N)=O)cc2C1. The van der Waals surface area contributed by atoms with Crippen LogP contribution in [0.15, 0.2) is 12.1 Å². The van der Waals surface area contributed by atoms with Crippen LogP contribution in [0.2, 0.25) is 0 Å². The van der Waals surface area contributed by atoms with Gasteiger partial charge in [0.1, 0.15) is 18.1 Å². The van der Waals surface area contributed by atoms with Crippen LogP contribution >= 0.6 is 0 Å². The summed E-state index contributed by atoms with van der Waals surface area (Å²) in [7, 11) is 0. The summed E-state index contributed by atoms with van der Waals surface area (Å²) in [4.78, 5) is 11.2. The minimum absolute atomic E-state index is 0.124. The lowest BCUT2D eigenvalue weighted by Gasteiger charge is -2.26. The molecule has 1 aromatic carbocycles. The first kappa shape index (κ1) is 12.7. The molecule has 4 N–H and O–H groups in total. The number of hydrogen-bond donors (Lipinski definition) is 3. The zero-order valence-electron chi connectivity index (χ0n) is 10.4. The quantitative estimate of drug-likeness (QED) is 0.737. The van der Waals surface area contributed by atoms with Gasteiger partial charge in [0.2, 0.25) is 0 Å². The molecule has 1 aliphatic rings. The molecule has 1 aromatic rings. The number of amides is 1. The van der Waals surface area contributed by atoms with Crippen molar-refractivity contribution in [3.63, 3.8) is 0 Å². The van der Waals surface area contributed by atoms with Crippen LogP contribution in [0.1, 0.15) is 29.3 Å². The van der Waals surface area contributed by atoms with Crippen molar-refractivity contribution in [1.82, 2.24) is 5.32 Å². The van der Waals surface area contributed by atoms with E-state index in [1.54, 1.807) is 6.07 Å². The zero-order chi connectivity index (χ0) is 13.1. The Morgan fingerprint density at radius 2 is 2.39 bits per heavy atom. The first-order valence-electron chi connectivity index (χ1n) is 6.13. The molecule has 0 unspecified atom stereocenters. The largest absolute Gasteiger partial charge is 0.507 e. The molecule has 0 radical (unpaired) electrons. The molecule has 0 saturated carbocycles. The number of ether oxygens (including phenoxy) is 1. The molecule has 2 rings (SSSR count). The number of aromatic hydroxyl groups is 1. The molecule has 0 spiro atoms. The van der Waals surface area contributed by atoms with E-state index in [9.17, 15) is 9.90 Å². The predicted molar refractivity (Wildman–Crippen MR) is 67.9 cm³/mol. The van der Waals surface area contributed by atoms with Gasteiger partial charge in [-0.2, -0.15) is 0 Å². The zero-order valence-corrected chi connectivity index (χ0v) is 10.4. The number of nitrogens with one attached hydrogen (secondary N) is 1. The van der Waals surface area contributed by atoms with Gasteiger partial charge < -0.3 is 20.9 Å². The van der Waals surface area contributed by atoms with E-state index in [0.717, 1.165) is 24.9 Å². The summed E-state index contributed by atoms with van der Waals surface area (Å²) in [6.07, 6.45) is 1.83. The van der Waals surface area contributed by atoms with Crippen LogP contribution in [-0.4, -0.2) is 30.2 Å². The lowest BCUT2D eigenvalue weighted by atomic mass is 9.99. The highest BCUT2D eigenvalue weighted by molar-refractivity contribution is 5.96. The topological polar surface area (TPSA) is 84.6 Å². The van der Waals surface area contributed by atoms with Crippen molar-refractivity contribution < 1.29 is 14.6 Å². The number of primary amides is 1. The minimum atomic E-state index is -0.626. The number of nitrogens with two attached hydrogens (primary N) is 1. The fourth-order valence-corrected chi connectivity index (χ4v) is 2.10. The second-order valence-corrected chi connectivity index (χ2v) is 4.51. The van der Waals surface area contributed by atoms with Crippen LogP contribution in [0.3, 0.4) is 0 Å². The molecule has 1 atom stereocenters. The first-order valence-corrected chi connectivity index (χ1v) is 6.13. The molecule has 0 bridgehead atoms. The summed E-state index contributed by atoms with van der Waals surface area (Å²) in [5, 5.41) is 13.0. The molecule has 18 heavy (non-hydrogen) atoms. The van der Waals surface area contributed by atoms with Crippen LogP contribution in [0.25, 0.3) is 0 Å². The number of hydrogen-bond acceptors (Lipinski definition) is 4. The lowest BCUT2D eigenvalue weighted by Crippen LogP contribution is -2.39. The molecule has 1 aliphatic heterocycles. The number of carbonyl (C=O) groups is 1. The van der Waals surface area contributed by atoms with Crippen LogP contribution in [0.4, 0.5) is 0 Å². The summed E-state index contributed by atoms with van der Waals surface area (Å²) in [6, 6.07) is 3.32. The van der Waals surface area contributed by atoms with E-state index in [-0.39, 0.29) is 17.4 Å². The highest BCUT2D eigenvalue weighted by Gasteiger charge is 2.22. The van der Waals surface area contributed by atoms with Crippen LogP contribution in [0.5, 0.6) is 11.5 Å². The van der Waals surface area contributed by atoms with E-state index in [1.807, 2.05) is 0 Å². The van der Waals surface area contributed by atoms with E-state index in [4.69, 9.17) is 10.5 Å². The van der Waals surface area contributed by atoms with E-state index in [2.05, 4.69) is 12.2 Å². The van der Waals surface area contributed by atoms with Gasteiger partial charge in [0, 0.05) is 12.1 Å². The molecule has 5 nitrogen and oxygen atoms in total. The molecule has 1 amide bonds. The number of benzene rings is 1. The van der Waals surface area contributed by atoms with Gasteiger partial charge in [-0.05, 0) is 31.0 Å². The fourth-order valence-electron chi connectivity index (χ4n) is 2.10. The van der Waals surface area contributed by atoms with Crippen molar-refractivity contribution in [2.24, 2.45) is 5.73 Å². The summed E-state index contributed by atoms with van der Waals surface area (Å²) >= 11 is 0. The first-order chi connectivity index (χ1) is 8.61. The van der Waals surface area contributed by atoms with E-state index >= 15 is 0 Å². The van der Waals surface area contributed by atoms with Crippen molar-refractivity contribution in [3.05, 3.63) is 23.3 Å². The Morgan fingerprint density at radius 1 is 1.61 bits per heavy atom. The Bertz CT molecular complexity index is 460. The van der Waals surface area contributed by atoms with Crippen molar-refractivity contribution in [1.29, 1.82) is 0 Å². The second-order valence-electron chi connectivity index (χ2n) is 4.51. The normalized spacial score (nSPS) is 17.9. The van der Waals surface area contributed by atoms with Crippen molar-refractivity contribution in [2.75, 3.05) is 13.2 Å². The summed E-state index contributed by atoms with van der Waals surface area (Å²) in [5.41, 5.74) is 6.26. The summed E-state index contributed by atoms with van der Waals surface area (Å²) < 4.78 is 5.57. The highest BCUT2D eigenvalue weighted by atomic mass is 16.5. The highest BCUT2D eigenvalue weighted by Crippen LogP contribution is 2.31. The predicted octanol–water partition coefficient (Wildman–Crippen LogP) is 0.794. The standard InChI is InChI=1S/C13H18N2O3/c1-2-3-15-9-4-8-5-10(13(14)17)11(16)6-12(8)18-7-9/h5-6,9,15-16H,2-4,7H2,1H3,(H2,14,17)/t9-/m1/s1. The number of phenols is 1. The Kier molecular flexibility index (Phi) is 3.72. The van der Waals surface area contributed by atoms with E-state index < -0.39 is 5.91 Å². The van der Waals surface area contributed by atoms with Gasteiger partial charge in [-0.1, -0.05) is 6.92 Å².